The van der Waals surface area contributed by atoms with Gasteiger partial charge in [0.25, 0.3) is 5.91 Å². The number of hydrogen-bond acceptors (Lipinski definition) is 5. The molecule has 0 fully saturated rings. The minimum absolute atomic E-state index is 0.0350. The Labute approximate surface area is 161 Å². The molecule has 0 aliphatic rings. The summed E-state index contributed by atoms with van der Waals surface area (Å²) >= 11 is 1.30. The van der Waals surface area contributed by atoms with Crippen LogP contribution in [0, 0.1) is 13.8 Å². The third-order valence-electron chi connectivity index (χ3n) is 4.02. The maximum Gasteiger partial charge on any atom is 0.267 e. The lowest BCUT2D eigenvalue weighted by molar-refractivity contribution is -0.127. The van der Waals surface area contributed by atoms with Crippen LogP contribution in [0.1, 0.15) is 26.7 Å². The first-order valence-corrected chi connectivity index (χ1v) is 9.30. The molecule has 0 aliphatic heterocycles. The molecular formula is C20H21N3O3S. The summed E-state index contributed by atoms with van der Waals surface area (Å²) < 4.78 is 5.58. The quantitative estimate of drug-likeness (QED) is 0.725. The maximum absolute atomic E-state index is 12.6. The number of carbonyl (C=O) groups is 2. The molecule has 140 valence electrons. The number of likely N-dealkylation sites (N-methyl/N-ethyl adjacent to an activating group) is 1. The molecule has 0 spiro atoms. The maximum atomic E-state index is 12.6. The number of aromatic nitrogens is 1. The molecular weight excluding hydrogens is 362 g/mol. The van der Waals surface area contributed by atoms with Crippen LogP contribution in [0.4, 0.5) is 5.69 Å². The van der Waals surface area contributed by atoms with Gasteiger partial charge in [0, 0.05) is 19.8 Å². The number of nitrogens with one attached hydrogen (secondary N) is 1. The number of rotatable bonds is 5. The summed E-state index contributed by atoms with van der Waals surface area (Å²) in [6.07, 6.45) is 0.334. The molecule has 0 bridgehead atoms. The Morgan fingerprint density at radius 3 is 2.41 bits per heavy atom. The first kappa shape index (κ1) is 18.8. The van der Waals surface area contributed by atoms with Crippen LogP contribution in [0.3, 0.4) is 0 Å². The lowest BCUT2D eigenvalue weighted by Crippen LogP contribution is -2.23. The first-order chi connectivity index (χ1) is 12.8. The van der Waals surface area contributed by atoms with Gasteiger partial charge in [-0.1, -0.05) is 12.1 Å². The van der Waals surface area contributed by atoms with E-state index in [1.807, 2.05) is 31.2 Å². The van der Waals surface area contributed by atoms with Crippen molar-refractivity contribution in [1.82, 2.24) is 9.88 Å². The van der Waals surface area contributed by atoms with Gasteiger partial charge in [-0.2, -0.15) is 0 Å². The Balaban J connectivity index is 1.70. The van der Waals surface area contributed by atoms with Gasteiger partial charge in [0.1, 0.15) is 10.6 Å². The summed E-state index contributed by atoms with van der Waals surface area (Å²) in [7, 11) is 3.46. The summed E-state index contributed by atoms with van der Waals surface area (Å²) in [4.78, 5) is 30.9. The van der Waals surface area contributed by atoms with Crippen LogP contribution in [0.25, 0.3) is 10.8 Å². The van der Waals surface area contributed by atoms with Gasteiger partial charge < -0.3 is 14.6 Å². The van der Waals surface area contributed by atoms with Crippen molar-refractivity contribution >= 4 is 28.8 Å². The van der Waals surface area contributed by atoms with Crippen molar-refractivity contribution in [1.29, 1.82) is 0 Å². The molecule has 2 amide bonds. The van der Waals surface area contributed by atoms with E-state index in [1.165, 1.54) is 11.3 Å². The molecule has 7 heteroatoms. The van der Waals surface area contributed by atoms with E-state index in [4.69, 9.17) is 4.42 Å². The number of nitrogens with zero attached hydrogens (tertiary/aromatic N) is 2. The van der Waals surface area contributed by atoms with E-state index in [0.717, 1.165) is 11.3 Å². The van der Waals surface area contributed by atoms with Gasteiger partial charge in [-0.15, -0.1) is 11.3 Å². The number of amides is 2. The zero-order valence-electron chi connectivity index (χ0n) is 15.7. The van der Waals surface area contributed by atoms with Crippen molar-refractivity contribution in [3.05, 3.63) is 58.3 Å². The topological polar surface area (TPSA) is 75.4 Å². The van der Waals surface area contributed by atoms with Gasteiger partial charge in [0.2, 0.25) is 5.91 Å². The summed E-state index contributed by atoms with van der Waals surface area (Å²) in [6, 6.07) is 11.0. The summed E-state index contributed by atoms with van der Waals surface area (Å²) in [5.41, 5.74) is 2.23. The van der Waals surface area contributed by atoms with Crippen molar-refractivity contribution in [2.75, 3.05) is 19.4 Å². The molecule has 27 heavy (non-hydrogen) atoms. The molecule has 0 radical (unpaired) electrons. The average molecular weight is 383 g/mol. The first-order valence-electron chi connectivity index (χ1n) is 8.48. The van der Waals surface area contributed by atoms with Gasteiger partial charge in [0.15, 0.2) is 10.8 Å². The fraction of sp³-hybridized carbons (Fsp3) is 0.250. The van der Waals surface area contributed by atoms with Crippen LogP contribution in [-0.2, 0) is 11.2 Å². The summed E-state index contributed by atoms with van der Waals surface area (Å²) in [5, 5.41) is 3.56. The van der Waals surface area contributed by atoms with E-state index in [1.54, 1.807) is 38.1 Å². The minimum atomic E-state index is -0.211. The molecule has 0 atom stereocenters. The Morgan fingerprint density at radius 1 is 1.11 bits per heavy atom. The van der Waals surface area contributed by atoms with Crippen molar-refractivity contribution in [3.63, 3.8) is 0 Å². The van der Waals surface area contributed by atoms with Gasteiger partial charge in [-0.05, 0) is 43.7 Å². The number of benzene rings is 1. The number of aryl methyl sites for hydroxylation is 2. The largest absolute Gasteiger partial charge is 0.459 e. The van der Waals surface area contributed by atoms with Crippen molar-refractivity contribution in [3.8, 4) is 10.8 Å². The zero-order chi connectivity index (χ0) is 19.6. The highest BCUT2D eigenvalue weighted by atomic mass is 32.1. The molecule has 2 heterocycles. The smallest absolute Gasteiger partial charge is 0.267 e. The van der Waals surface area contributed by atoms with Gasteiger partial charge in [-0.3, -0.25) is 9.59 Å². The monoisotopic (exact) mass is 383 g/mol. The van der Waals surface area contributed by atoms with Crippen LogP contribution < -0.4 is 5.32 Å². The molecule has 1 N–H and O–H groups in total. The Morgan fingerprint density at radius 2 is 1.81 bits per heavy atom. The molecule has 6 nitrogen and oxygen atoms in total. The highest BCUT2D eigenvalue weighted by Gasteiger charge is 2.18. The second-order valence-corrected chi connectivity index (χ2v) is 7.46. The lowest BCUT2D eigenvalue weighted by Gasteiger charge is -2.10. The second-order valence-electron chi connectivity index (χ2n) is 6.46. The Kier molecular flexibility index (Phi) is 5.41. The third kappa shape index (κ3) is 4.43. The summed E-state index contributed by atoms with van der Waals surface area (Å²) in [5.74, 6) is 1.29. The van der Waals surface area contributed by atoms with Crippen molar-refractivity contribution < 1.29 is 14.0 Å². The number of thiazole rings is 1. The van der Waals surface area contributed by atoms with Crippen molar-refractivity contribution in [2.24, 2.45) is 0 Å². The second kappa shape index (κ2) is 7.75. The van der Waals surface area contributed by atoms with Gasteiger partial charge in [-0.25, -0.2) is 4.98 Å². The molecule has 0 saturated carbocycles. The fourth-order valence-electron chi connectivity index (χ4n) is 2.49. The van der Waals surface area contributed by atoms with Gasteiger partial charge >= 0.3 is 0 Å². The predicted octanol–water partition coefficient (Wildman–Crippen LogP) is 3.90. The number of carbonyl (C=O) groups excluding carboxylic acids is 2. The number of anilines is 1. The highest BCUT2D eigenvalue weighted by Crippen LogP contribution is 2.29. The van der Waals surface area contributed by atoms with E-state index >= 15 is 0 Å². The van der Waals surface area contributed by atoms with E-state index in [0.29, 0.717) is 33.4 Å². The minimum Gasteiger partial charge on any atom is -0.459 e. The Bertz CT molecular complexity index is 971. The zero-order valence-corrected chi connectivity index (χ0v) is 16.5. The van der Waals surface area contributed by atoms with Gasteiger partial charge in [0.05, 0.1) is 12.1 Å². The standard InChI is InChI=1S/C20H21N3O3S/c1-12-5-10-16(26-12)20-21-13(2)18(27-20)19(25)22-15-8-6-14(7-9-15)11-17(24)23(3)4/h5-10H,11H2,1-4H3,(H,22,25). The molecule has 3 aromatic rings. The summed E-state index contributed by atoms with van der Waals surface area (Å²) in [6.45, 7) is 3.67. The molecule has 3 rings (SSSR count). The molecule has 0 saturated heterocycles. The van der Waals surface area contributed by atoms with Crippen molar-refractivity contribution in [2.45, 2.75) is 20.3 Å². The number of furan rings is 1. The predicted molar refractivity (Wildman–Crippen MR) is 106 cm³/mol. The van der Waals surface area contributed by atoms with E-state index in [9.17, 15) is 9.59 Å². The normalized spacial score (nSPS) is 10.7. The molecule has 2 aromatic heterocycles. The van der Waals surface area contributed by atoms with Crippen LogP contribution >= 0.6 is 11.3 Å². The molecule has 0 unspecified atom stereocenters. The van der Waals surface area contributed by atoms with Crippen LogP contribution in [0.5, 0.6) is 0 Å². The lowest BCUT2D eigenvalue weighted by atomic mass is 10.1. The van der Waals surface area contributed by atoms with E-state index in [2.05, 4.69) is 10.3 Å². The van der Waals surface area contributed by atoms with Crippen LogP contribution in [-0.4, -0.2) is 35.8 Å². The third-order valence-corrected chi connectivity index (χ3v) is 5.19. The SMILES string of the molecule is Cc1ccc(-c2nc(C)c(C(=O)Nc3ccc(CC(=O)N(C)C)cc3)s2)o1. The van der Waals surface area contributed by atoms with E-state index in [-0.39, 0.29) is 11.8 Å². The van der Waals surface area contributed by atoms with Crippen LogP contribution in [0.2, 0.25) is 0 Å². The molecule has 0 aliphatic carbocycles. The van der Waals surface area contributed by atoms with E-state index < -0.39 is 0 Å². The molecule has 1 aromatic carbocycles. The average Bonchev–Trinajstić information content (AvgIpc) is 3.22. The fourth-order valence-corrected chi connectivity index (χ4v) is 3.41. The Hall–Kier alpha value is -2.93. The number of hydrogen-bond donors (Lipinski definition) is 1. The highest BCUT2D eigenvalue weighted by molar-refractivity contribution is 7.17. The van der Waals surface area contributed by atoms with Crippen LogP contribution in [0.15, 0.2) is 40.8 Å².